The quantitative estimate of drug-likeness (QED) is 0.686. The van der Waals surface area contributed by atoms with Gasteiger partial charge in [-0.05, 0) is 42.0 Å². The predicted octanol–water partition coefficient (Wildman–Crippen LogP) is 6.18. The molecule has 0 atom stereocenters. The predicted molar refractivity (Wildman–Crippen MR) is 108 cm³/mol. The highest BCUT2D eigenvalue weighted by Crippen LogP contribution is 2.25. The molecular weight excluding hydrogens is 320 g/mol. The molecule has 0 saturated heterocycles. The van der Waals surface area contributed by atoms with Crippen LogP contribution in [0.1, 0.15) is 63.0 Å². The lowest BCUT2D eigenvalue weighted by Gasteiger charge is -2.34. The van der Waals surface area contributed by atoms with E-state index in [-0.39, 0.29) is 6.03 Å². The largest absolute Gasteiger partial charge is 0.322 e. The van der Waals surface area contributed by atoms with Gasteiger partial charge in [-0.15, -0.1) is 0 Å². The maximum Gasteiger partial charge on any atom is 0.322 e. The summed E-state index contributed by atoms with van der Waals surface area (Å²) in [5, 5.41) is 3.11. The van der Waals surface area contributed by atoms with Crippen molar-refractivity contribution in [3.8, 4) is 0 Å². The Bertz CT molecular complexity index is 688. The fraction of sp³-hybridized carbons (Fsp3) is 0.435. The third-order valence-electron chi connectivity index (χ3n) is 5.30. The number of rotatable bonds is 5. The molecule has 2 aromatic carbocycles. The van der Waals surface area contributed by atoms with Gasteiger partial charge in [0.1, 0.15) is 0 Å². The van der Waals surface area contributed by atoms with Gasteiger partial charge in [0.25, 0.3) is 0 Å². The maximum atomic E-state index is 13.0. The number of nitrogens with one attached hydrogen (secondary N) is 1. The Balaban J connectivity index is 1.73. The molecule has 3 heteroatoms. The van der Waals surface area contributed by atoms with Crippen LogP contribution in [0.2, 0.25) is 0 Å². The number of hydrogen-bond acceptors (Lipinski definition) is 1. The highest BCUT2D eigenvalue weighted by atomic mass is 16.2. The topological polar surface area (TPSA) is 32.3 Å². The van der Waals surface area contributed by atoms with Crippen molar-refractivity contribution in [1.29, 1.82) is 0 Å². The lowest BCUT2D eigenvalue weighted by molar-refractivity contribution is 0.163. The zero-order valence-corrected chi connectivity index (χ0v) is 15.9. The van der Waals surface area contributed by atoms with Crippen LogP contribution in [0.5, 0.6) is 0 Å². The fourth-order valence-electron chi connectivity index (χ4n) is 3.69. The van der Waals surface area contributed by atoms with E-state index in [1.165, 1.54) is 30.4 Å². The third-order valence-corrected chi connectivity index (χ3v) is 5.30. The number of benzene rings is 2. The van der Waals surface area contributed by atoms with Crippen LogP contribution < -0.4 is 5.32 Å². The molecule has 0 spiro atoms. The average Bonchev–Trinajstić information content (AvgIpc) is 2.68. The van der Waals surface area contributed by atoms with Gasteiger partial charge < -0.3 is 10.2 Å². The van der Waals surface area contributed by atoms with E-state index in [0.717, 1.165) is 18.5 Å². The Kier molecular flexibility index (Phi) is 6.32. The SMILES string of the molecule is CC(C)c1ccc(NC(=O)N(Cc2ccccc2)C2CCCCC2)cc1. The molecule has 1 N–H and O–H groups in total. The molecule has 3 nitrogen and oxygen atoms in total. The first-order chi connectivity index (χ1) is 12.6. The minimum absolute atomic E-state index is 0.0121. The summed E-state index contributed by atoms with van der Waals surface area (Å²) in [6.07, 6.45) is 5.92. The number of carbonyl (C=O) groups excluding carboxylic acids is 1. The Morgan fingerprint density at radius 1 is 1.00 bits per heavy atom. The molecule has 0 heterocycles. The first-order valence-electron chi connectivity index (χ1n) is 9.85. The molecule has 0 bridgehead atoms. The zero-order valence-electron chi connectivity index (χ0n) is 15.9. The Morgan fingerprint density at radius 3 is 2.27 bits per heavy atom. The van der Waals surface area contributed by atoms with Gasteiger partial charge in [0.15, 0.2) is 0 Å². The summed E-state index contributed by atoms with van der Waals surface area (Å²) < 4.78 is 0. The number of carbonyl (C=O) groups is 1. The highest BCUT2D eigenvalue weighted by Gasteiger charge is 2.25. The molecule has 1 aliphatic rings. The van der Waals surface area contributed by atoms with E-state index in [2.05, 4.69) is 43.4 Å². The number of hydrogen-bond donors (Lipinski definition) is 1. The van der Waals surface area contributed by atoms with Crippen LogP contribution >= 0.6 is 0 Å². The van der Waals surface area contributed by atoms with Gasteiger partial charge in [0.05, 0.1) is 0 Å². The molecule has 1 saturated carbocycles. The summed E-state index contributed by atoms with van der Waals surface area (Å²) in [5.41, 5.74) is 3.34. The van der Waals surface area contributed by atoms with Crippen LogP contribution in [0.3, 0.4) is 0 Å². The molecule has 3 rings (SSSR count). The van der Waals surface area contributed by atoms with Gasteiger partial charge in [0, 0.05) is 18.3 Å². The summed E-state index contributed by atoms with van der Waals surface area (Å²) in [7, 11) is 0. The molecule has 0 aliphatic heterocycles. The van der Waals surface area contributed by atoms with Crippen molar-refractivity contribution in [3.05, 3.63) is 65.7 Å². The Hall–Kier alpha value is -2.29. The van der Waals surface area contributed by atoms with Gasteiger partial charge in [-0.3, -0.25) is 0 Å². The van der Waals surface area contributed by atoms with Crippen molar-refractivity contribution in [2.45, 2.75) is 64.5 Å². The molecule has 1 fully saturated rings. The third kappa shape index (κ3) is 4.87. The van der Waals surface area contributed by atoms with Gasteiger partial charge in [-0.25, -0.2) is 4.79 Å². The molecule has 0 radical (unpaired) electrons. The van der Waals surface area contributed by atoms with E-state index in [4.69, 9.17) is 0 Å². The van der Waals surface area contributed by atoms with Crippen molar-refractivity contribution in [1.82, 2.24) is 4.90 Å². The van der Waals surface area contributed by atoms with Gasteiger partial charge in [-0.2, -0.15) is 0 Å². The molecule has 0 unspecified atom stereocenters. The fourth-order valence-corrected chi connectivity index (χ4v) is 3.69. The van der Waals surface area contributed by atoms with Crippen molar-refractivity contribution in [2.75, 3.05) is 5.32 Å². The minimum atomic E-state index is 0.0121. The molecule has 2 aromatic rings. The summed E-state index contributed by atoms with van der Waals surface area (Å²) >= 11 is 0. The second kappa shape index (κ2) is 8.88. The lowest BCUT2D eigenvalue weighted by atomic mass is 9.94. The molecule has 1 aliphatic carbocycles. The van der Waals surface area contributed by atoms with Crippen LogP contribution in [-0.2, 0) is 6.54 Å². The van der Waals surface area contributed by atoms with Crippen LogP contribution in [0, 0.1) is 0 Å². The zero-order chi connectivity index (χ0) is 18.4. The van der Waals surface area contributed by atoms with Crippen LogP contribution in [0.25, 0.3) is 0 Å². The van der Waals surface area contributed by atoms with E-state index in [1.54, 1.807) is 0 Å². The average molecular weight is 351 g/mol. The number of urea groups is 1. The Morgan fingerprint density at radius 2 is 1.65 bits per heavy atom. The summed E-state index contributed by atoms with van der Waals surface area (Å²) in [5.74, 6) is 0.497. The summed E-state index contributed by atoms with van der Waals surface area (Å²) in [4.78, 5) is 15.1. The van der Waals surface area contributed by atoms with Crippen molar-refractivity contribution in [2.24, 2.45) is 0 Å². The highest BCUT2D eigenvalue weighted by molar-refractivity contribution is 5.89. The van der Waals surface area contributed by atoms with E-state index in [9.17, 15) is 4.79 Å². The molecular formula is C23H30N2O. The van der Waals surface area contributed by atoms with Crippen LogP contribution in [-0.4, -0.2) is 17.0 Å². The monoisotopic (exact) mass is 350 g/mol. The molecule has 2 amide bonds. The van der Waals surface area contributed by atoms with E-state index in [0.29, 0.717) is 18.5 Å². The maximum absolute atomic E-state index is 13.0. The molecule has 138 valence electrons. The van der Waals surface area contributed by atoms with Crippen molar-refractivity contribution in [3.63, 3.8) is 0 Å². The second-order valence-electron chi connectivity index (χ2n) is 7.61. The van der Waals surface area contributed by atoms with E-state index >= 15 is 0 Å². The Labute approximate surface area is 157 Å². The first-order valence-corrected chi connectivity index (χ1v) is 9.85. The van der Waals surface area contributed by atoms with E-state index < -0.39 is 0 Å². The normalized spacial score (nSPS) is 15.0. The standard InChI is InChI=1S/C23H30N2O/c1-18(2)20-13-15-21(16-14-20)24-23(26)25(22-11-7-4-8-12-22)17-19-9-5-3-6-10-19/h3,5-6,9-10,13-16,18,22H,4,7-8,11-12,17H2,1-2H3,(H,24,26). The van der Waals surface area contributed by atoms with Crippen LogP contribution in [0.4, 0.5) is 10.5 Å². The van der Waals surface area contributed by atoms with Gasteiger partial charge in [-0.1, -0.05) is 75.6 Å². The van der Waals surface area contributed by atoms with E-state index in [1.807, 2.05) is 35.2 Å². The van der Waals surface area contributed by atoms with Crippen LogP contribution in [0.15, 0.2) is 54.6 Å². The number of amides is 2. The van der Waals surface area contributed by atoms with Gasteiger partial charge in [0.2, 0.25) is 0 Å². The smallest absolute Gasteiger partial charge is 0.317 e. The van der Waals surface area contributed by atoms with Crippen molar-refractivity contribution < 1.29 is 4.79 Å². The van der Waals surface area contributed by atoms with Gasteiger partial charge >= 0.3 is 6.03 Å². The van der Waals surface area contributed by atoms with Crippen molar-refractivity contribution >= 4 is 11.7 Å². The number of nitrogens with zero attached hydrogens (tertiary/aromatic N) is 1. The minimum Gasteiger partial charge on any atom is -0.317 e. The lowest BCUT2D eigenvalue weighted by Crippen LogP contribution is -2.43. The molecule has 26 heavy (non-hydrogen) atoms. The first kappa shape index (κ1) is 18.5. The number of anilines is 1. The summed E-state index contributed by atoms with van der Waals surface area (Å²) in [6, 6.07) is 18.9. The summed E-state index contributed by atoms with van der Waals surface area (Å²) in [6.45, 7) is 5.03. The molecule has 0 aromatic heterocycles. The second-order valence-corrected chi connectivity index (χ2v) is 7.61.